The number of sulfone groups is 1. The van der Waals surface area contributed by atoms with Gasteiger partial charge in [0.1, 0.15) is 9.84 Å². The van der Waals surface area contributed by atoms with Crippen LogP contribution in [0.5, 0.6) is 0 Å². The molecule has 0 aliphatic carbocycles. The van der Waals surface area contributed by atoms with Crippen molar-refractivity contribution in [3.05, 3.63) is 0 Å². The summed E-state index contributed by atoms with van der Waals surface area (Å²) in [7, 11) is -2.95. The zero-order valence-electron chi connectivity index (χ0n) is 9.94. The van der Waals surface area contributed by atoms with Crippen LogP contribution in [0.1, 0.15) is 32.6 Å². The first-order chi connectivity index (χ1) is 7.54. The summed E-state index contributed by atoms with van der Waals surface area (Å²) >= 11 is 0. The normalized spacial score (nSPS) is 26.9. The van der Waals surface area contributed by atoms with Gasteiger partial charge in [-0.05, 0) is 25.7 Å². The quantitative estimate of drug-likeness (QED) is 0.763. The molecule has 0 radical (unpaired) electrons. The maximum Gasteiger partial charge on any atom is 0.150 e. The average Bonchev–Trinajstić information content (AvgIpc) is 2.28. The minimum absolute atomic E-state index is 0.0225. The molecule has 1 aliphatic rings. The van der Waals surface area contributed by atoms with Gasteiger partial charge in [-0.15, -0.1) is 0 Å². The van der Waals surface area contributed by atoms with Crippen molar-refractivity contribution >= 4 is 9.84 Å². The molecule has 5 heteroatoms. The summed E-state index contributed by atoms with van der Waals surface area (Å²) in [5.74, 6) is 0.417. The molecule has 1 unspecified atom stereocenters. The lowest BCUT2D eigenvalue weighted by Crippen LogP contribution is -2.37. The molecule has 0 aromatic heterocycles. The van der Waals surface area contributed by atoms with Crippen LogP contribution >= 0.6 is 0 Å². The standard InChI is InChI=1S/C11H22O4S/c1-2-7-16(13,14)8-5-11(9-12)4-3-6-15-10-11/h12H,2-10H2,1H3. The average molecular weight is 250 g/mol. The van der Waals surface area contributed by atoms with Gasteiger partial charge in [0.25, 0.3) is 0 Å². The summed E-state index contributed by atoms with van der Waals surface area (Å²) in [5, 5.41) is 9.39. The molecule has 4 nitrogen and oxygen atoms in total. The molecule has 1 N–H and O–H groups in total. The number of hydrogen-bond donors (Lipinski definition) is 1. The molecule has 16 heavy (non-hydrogen) atoms. The predicted molar refractivity (Wildman–Crippen MR) is 63.1 cm³/mol. The minimum atomic E-state index is -2.95. The third-order valence-corrected chi connectivity index (χ3v) is 5.05. The van der Waals surface area contributed by atoms with Crippen LogP contribution in [0.3, 0.4) is 0 Å². The molecule has 0 spiro atoms. The zero-order chi connectivity index (χ0) is 12.1. The Morgan fingerprint density at radius 3 is 2.62 bits per heavy atom. The van der Waals surface area contributed by atoms with Gasteiger partial charge < -0.3 is 9.84 Å². The summed E-state index contributed by atoms with van der Waals surface area (Å²) in [6.07, 6.45) is 2.95. The molecule has 1 atom stereocenters. The molecule has 0 aromatic carbocycles. The Kier molecular flexibility index (Phi) is 5.21. The van der Waals surface area contributed by atoms with E-state index in [1.54, 1.807) is 0 Å². The Morgan fingerprint density at radius 2 is 2.12 bits per heavy atom. The topological polar surface area (TPSA) is 63.6 Å². The molecular weight excluding hydrogens is 228 g/mol. The maximum absolute atomic E-state index is 11.6. The largest absolute Gasteiger partial charge is 0.396 e. The Bertz CT molecular complexity index is 291. The SMILES string of the molecule is CCCS(=O)(=O)CCC1(CO)CCCOC1. The summed E-state index contributed by atoms with van der Waals surface area (Å²) < 4.78 is 28.6. The number of ether oxygens (including phenoxy) is 1. The first kappa shape index (κ1) is 13.9. The maximum atomic E-state index is 11.6. The van der Waals surface area contributed by atoms with Crippen LogP contribution in [-0.4, -0.2) is 44.9 Å². The lowest BCUT2D eigenvalue weighted by Gasteiger charge is -2.35. The van der Waals surface area contributed by atoms with Gasteiger partial charge in [-0.2, -0.15) is 0 Å². The van der Waals surface area contributed by atoms with Crippen LogP contribution in [0, 0.1) is 5.41 Å². The van der Waals surface area contributed by atoms with Crippen molar-refractivity contribution in [3.63, 3.8) is 0 Å². The summed E-state index contributed by atoms with van der Waals surface area (Å²) in [4.78, 5) is 0. The van der Waals surface area contributed by atoms with Gasteiger partial charge >= 0.3 is 0 Å². The van der Waals surface area contributed by atoms with Gasteiger partial charge in [0.15, 0.2) is 0 Å². The van der Waals surface area contributed by atoms with Crippen LogP contribution in [0.2, 0.25) is 0 Å². The van der Waals surface area contributed by atoms with E-state index in [2.05, 4.69) is 0 Å². The molecule has 1 aliphatic heterocycles. The molecule has 0 bridgehead atoms. The van der Waals surface area contributed by atoms with Crippen LogP contribution < -0.4 is 0 Å². The highest BCUT2D eigenvalue weighted by atomic mass is 32.2. The van der Waals surface area contributed by atoms with Gasteiger partial charge in [0.05, 0.1) is 19.0 Å². The number of hydrogen-bond acceptors (Lipinski definition) is 4. The fraction of sp³-hybridized carbons (Fsp3) is 1.00. The van der Waals surface area contributed by atoms with Crippen molar-refractivity contribution in [3.8, 4) is 0 Å². The number of rotatable bonds is 6. The van der Waals surface area contributed by atoms with Crippen molar-refractivity contribution in [2.45, 2.75) is 32.6 Å². The molecule has 1 rings (SSSR count). The lowest BCUT2D eigenvalue weighted by molar-refractivity contribution is -0.0396. The van der Waals surface area contributed by atoms with E-state index in [0.29, 0.717) is 19.4 Å². The Hall–Kier alpha value is -0.130. The summed E-state index contributed by atoms with van der Waals surface area (Å²) in [5.41, 5.74) is -0.320. The monoisotopic (exact) mass is 250 g/mol. The molecular formula is C11H22O4S. The first-order valence-electron chi connectivity index (χ1n) is 5.93. The smallest absolute Gasteiger partial charge is 0.150 e. The Morgan fingerprint density at radius 1 is 1.38 bits per heavy atom. The zero-order valence-corrected chi connectivity index (χ0v) is 10.8. The highest BCUT2D eigenvalue weighted by molar-refractivity contribution is 7.91. The van der Waals surface area contributed by atoms with Gasteiger partial charge in [-0.3, -0.25) is 0 Å². The summed E-state index contributed by atoms with van der Waals surface area (Å²) in [6.45, 7) is 3.10. The van der Waals surface area contributed by atoms with Gasteiger partial charge in [-0.25, -0.2) is 8.42 Å². The van der Waals surface area contributed by atoms with E-state index in [1.807, 2.05) is 6.92 Å². The first-order valence-corrected chi connectivity index (χ1v) is 7.75. The van der Waals surface area contributed by atoms with E-state index >= 15 is 0 Å². The molecule has 1 fully saturated rings. The third-order valence-electron chi connectivity index (χ3n) is 3.20. The van der Waals surface area contributed by atoms with Crippen LogP contribution in [0.15, 0.2) is 0 Å². The fourth-order valence-electron chi connectivity index (χ4n) is 2.10. The highest BCUT2D eigenvalue weighted by Crippen LogP contribution is 2.32. The summed E-state index contributed by atoms with van der Waals surface area (Å²) in [6, 6.07) is 0. The van der Waals surface area contributed by atoms with Crippen molar-refractivity contribution in [1.82, 2.24) is 0 Å². The van der Waals surface area contributed by atoms with Gasteiger partial charge in [0, 0.05) is 17.8 Å². The molecule has 0 amide bonds. The lowest BCUT2D eigenvalue weighted by atomic mass is 9.81. The van der Waals surface area contributed by atoms with E-state index < -0.39 is 9.84 Å². The van der Waals surface area contributed by atoms with E-state index in [0.717, 1.165) is 19.4 Å². The Balaban J connectivity index is 2.50. The second kappa shape index (κ2) is 5.98. The van der Waals surface area contributed by atoms with E-state index in [9.17, 15) is 13.5 Å². The van der Waals surface area contributed by atoms with Crippen LogP contribution in [0.4, 0.5) is 0 Å². The molecule has 1 heterocycles. The Labute approximate surface area is 97.9 Å². The van der Waals surface area contributed by atoms with Gasteiger partial charge in [-0.1, -0.05) is 6.92 Å². The molecule has 1 saturated heterocycles. The van der Waals surface area contributed by atoms with E-state index in [1.165, 1.54) is 0 Å². The number of aliphatic hydroxyl groups excluding tert-OH is 1. The van der Waals surface area contributed by atoms with Gasteiger partial charge in [0.2, 0.25) is 0 Å². The second-order valence-corrected chi connectivity index (χ2v) is 7.02. The third kappa shape index (κ3) is 4.03. The molecule has 0 aromatic rings. The van der Waals surface area contributed by atoms with Crippen LogP contribution in [-0.2, 0) is 14.6 Å². The van der Waals surface area contributed by atoms with Crippen molar-refractivity contribution in [2.24, 2.45) is 5.41 Å². The second-order valence-electron chi connectivity index (χ2n) is 4.72. The molecule has 96 valence electrons. The highest BCUT2D eigenvalue weighted by Gasteiger charge is 2.33. The van der Waals surface area contributed by atoms with Crippen LogP contribution in [0.25, 0.3) is 0 Å². The predicted octanol–water partition coefficient (Wildman–Crippen LogP) is 0.990. The minimum Gasteiger partial charge on any atom is -0.396 e. The number of aliphatic hydroxyl groups is 1. The molecule has 0 saturated carbocycles. The van der Waals surface area contributed by atoms with Crippen molar-refractivity contribution in [1.29, 1.82) is 0 Å². The van der Waals surface area contributed by atoms with Crippen molar-refractivity contribution in [2.75, 3.05) is 31.3 Å². The van der Waals surface area contributed by atoms with E-state index in [-0.39, 0.29) is 23.5 Å². The van der Waals surface area contributed by atoms with Crippen molar-refractivity contribution < 1.29 is 18.3 Å². The fourth-order valence-corrected chi connectivity index (χ4v) is 3.67. The van der Waals surface area contributed by atoms with E-state index in [4.69, 9.17) is 4.74 Å².